The normalized spacial score (nSPS) is 11.2. The number of alkyl halides is 1. The van der Waals surface area contributed by atoms with Gasteiger partial charge in [0.15, 0.2) is 0 Å². The van der Waals surface area contributed by atoms with Crippen LogP contribution in [0.3, 0.4) is 0 Å². The second-order valence-electron chi connectivity index (χ2n) is 12.7. The summed E-state index contributed by atoms with van der Waals surface area (Å²) in [4.78, 5) is 1.97. The summed E-state index contributed by atoms with van der Waals surface area (Å²) in [5.41, 5.74) is 0. The van der Waals surface area contributed by atoms with Gasteiger partial charge in [-0.25, -0.2) is 0 Å². The van der Waals surface area contributed by atoms with Crippen LogP contribution in [0.2, 0.25) is 0 Å². The molecule has 0 bridgehead atoms. The molecule has 16 heteroatoms. The standard InChI is InChI=1S/C17H36O6.C15H30O6.C7H16O2.C2H4O.CH3I.CH4/c1-18-10-12-22-16-14-20-8-6-4-3-5-7-9-21-15-17-23-13-11-19-2;16-6-10-20-14-12-18-8-4-2-1-3-5-9-19-13-15-21-11-7-17;8-6-4-2-1-3-5-7-9;1-2-3-1;1-2;/h3-17H2,1-2H3;1-15H2;8-9H,1-7H2;1-2H2;1H3;1H4/q;-2;;;;. The third-order valence-corrected chi connectivity index (χ3v) is 7.48. The number of methoxy groups -OCH3 is 2. The first-order valence-electron chi connectivity index (χ1n) is 21.7. The zero-order chi connectivity index (χ0) is 43.4. The van der Waals surface area contributed by atoms with Crippen LogP contribution in [-0.4, -0.2) is 188 Å². The first-order valence-corrected chi connectivity index (χ1v) is 23.8. The van der Waals surface area contributed by atoms with Crippen molar-refractivity contribution in [3.8, 4) is 0 Å². The molecule has 364 valence electrons. The van der Waals surface area contributed by atoms with E-state index < -0.39 is 0 Å². The Morgan fingerprint density at radius 3 is 0.780 bits per heavy atom. The molecule has 0 aromatic heterocycles. The van der Waals surface area contributed by atoms with Crippen LogP contribution in [0.4, 0.5) is 0 Å². The minimum Gasteiger partial charge on any atom is -0.853 e. The Labute approximate surface area is 375 Å². The van der Waals surface area contributed by atoms with Crippen molar-refractivity contribution in [1.29, 1.82) is 0 Å². The number of aliphatic hydroxyl groups is 2. The predicted molar refractivity (Wildman–Crippen MR) is 241 cm³/mol. The fourth-order valence-corrected chi connectivity index (χ4v) is 4.32. The molecule has 15 nitrogen and oxygen atoms in total. The molecule has 1 fully saturated rings. The van der Waals surface area contributed by atoms with Crippen LogP contribution in [-0.2, 0) is 52.1 Å². The average Bonchev–Trinajstić information content (AvgIpc) is 4.15. The van der Waals surface area contributed by atoms with Crippen molar-refractivity contribution in [3.05, 3.63) is 0 Å². The third kappa shape index (κ3) is 89.9. The highest BCUT2D eigenvalue weighted by Crippen LogP contribution is 2.05. The summed E-state index contributed by atoms with van der Waals surface area (Å²) in [6.07, 6.45) is 16.7. The minimum atomic E-state index is -0.184. The van der Waals surface area contributed by atoms with Gasteiger partial charge in [-0.3, -0.25) is 0 Å². The summed E-state index contributed by atoms with van der Waals surface area (Å²) in [6, 6.07) is 0. The Morgan fingerprint density at radius 1 is 0.356 bits per heavy atom. The van der Waals surface area contributed by atoms with Crippen LogP contribution in [0, 0.1) is 0 Å². The summed E-state index contributed by atoms with van der Waals surface area (Å²) in [6.45, 7) is 13.3. The largest absolute Gasteiger partial charge is 0.853 e. The number of halogens is 1. The van der Waals surface area contributed by atoms with E-state index in [1.54, 1.807) is 14.2 Å². The molecule has 0 aliphatic carbocycles. The van der Waals surface area contributed by atoms with Gasteiger partial charge in [0.2, 0.25) is 0 Å². The second-order valence-corrected chi connectivity index (χ2v) is 12.7. The van der Waals surface area contributed by atoms with Gasteiger partial charge in [0.1, 0.15) is 0 Å². The highest BCUT2D eigenvalue weighted by atomic mass is 127. The lowest BCUT2D eigenvalue weighted by molar-refractivity contribution is -0.374. The molecule has 0 spiro atoms. The predicted octanol–water partition coefficient (Wildman–Crippen LogP) is 4.65. The number of unbranched alkanes of at least 4 members (excludes halogenated alkanes) is 12. The summed E-state index contributed by atoms with van der Waals surface area (Å²) in [7, 11) is 3.34. The van der Waals surface area contributed by atoms with Crippen molar-refractivity contribution in [2.75, 3.05) is 178 Å². The van der Waals surface area contributed by atoms with E-state index >= 15 is 0 Å². The summed E-state index contributed by atoms with van der Waals surface area (Å²) in [5.74, 6) is 0. The van der Waals surface area contributed by atoms with E-state index in [-0.39, 0.29) is 33.9 Å². The molecule has 0 aromatic carbocycles. The molecule has 1 heterocycles. The maximum atomic E-state index is 10.1. The zero-order valence-corrected chi connectivity index (χ0v) is 39.3. The molecule has 2 N–H and O–H groups in total. The van der Waals surface area contributed by atoms with Gasteiger partial charge in [0.05, 0.1) is 92.5 Å². The Hall–Kier alpha value is 0.130. The minimum absolute atomic E-state index is 0. The van der Waals surface area contributed by atoms with Crippen LogP contribution in [0.25, 0.3) is 0 Å². The fraction of sp³-hybridized carbons (Fsp3) is 1.00. The van der Waals surface area contributed by atoms with Gasteiger partial charge in [-0.2, -0.15) is 0 Å². The van der Waals surface area contributed by atoms with Gasteiger partial charge in [0.25, 0.3) is 0 Å². The SMILES string of the molecule is C.C1CO1.CI.COCCOCCOCCCCCCCOCCOCCOC.OCCCCCCCO.[O-]CCOCCOCCCCCCCOCCOCC[O-]. The maximum absolute atomic E-state index is 10.1. The number of aliphatic hydroxyl groups excluding tert-OH is 2. The van der Waals surface area contributed by atoms with Gasteiger partial charge in [-0.15, -0.1) is 13.2 Å². The second kappa shape index (κ2) is 75.5. The molecule has 1 rings (SSSR count). The number of hydrogen-bond acceptors (Lipinski definition) is 15. The van der Waals surface area contributed by atoms with Crippen LogP contribution >= 0.6 is 22.6 Å². The summed E-state index contributed by atoms with van der Waals surface area (Å²) in [5, 5.41) is 36.9. The van der Waals surface area contributed by atoms with E-state index in [4.69, 9.17) is 57.6 Å². The van der Waals surface area contributed by atoms with Crippen LogP contribution in [0.1, 0.15) is 104 Å². The van der Waals surface area contributed by atoms with Crippen molar-refractivity contribution in [2.24, 2.45) is 0 Å². The van der Waals surface area contributed by atoms with E-state index in [0.717, 1.165) is 110 Å². The van der Waals surface area contributed by atoms with E-state index in [1.165, 1.54) is 25.7 Å². The number of rotatable bonds is 44. The highest BCUT2D eigenvalue weighted by Gasteiger charge is 1.96. The lowest BCUT2D eigenvalue weighted by Crippen LogP contribution is -2.15. The smallest absolute Gasteiger partial charge is 0.0701 e. The molecule has 1 aliphatic rings. The molecule has 1 saturated heterocycles. The molecular weight excluding hydrogens is 883 g/mol. The molecule has 0 amide bonds. The van der Waals surface area contributed by atoms with Crippen molar-refractivity contribution in [1.82, 2.24) is 0 Å². The number of ether oxygens (including phenoxy) is 11. The maximum Gasteiger partial charge on any atom is 0.0701 e. The van der Waals surface area contributed by atoms with Crippen molar-refractivity contribution in [3.63, 3.8) is 0 Å². The molecule has 1 aliphatic heterocycles. The van der Waals surface area contributed by atoms with Crippen LogP contribution in [0.5, 0.6) is 0 Å². The van der Waals surface area contributed by atoms with E-state index in [2.05, 4.69) is 27.3 Å². The number of epoxide rings is 1. The van der Waals surface area contributed by atoms with E-state index in [9.17, 15) is 10.2 Å². The summed E-state index contributed by atoms with van der Waals surface area (Å²) < 4.78 is 56.7. The first-order chi connectivity index (χ1) is 28.7. The van der Waals surface area contributed by atoms with Crippen LogP contribution in [0.15, 0.2) is 0 Å². The molecule has 0 saturated carbocycles. The zero-order valence-electron chi connectivity index (χ0n) is 37.2. The quantitative estimate of drug-likeness (QED) is 0.0371. The Morgan fingerprint density at radius 2 is 0.559 bits per heavy atom. The fourth-order valence-electron chi connectivity index (χ4n) is 4.32. The van der Waals surface area contributed by atoms with Gasteiger partial charge < -0.3 is 72.5 Å². The molecule has 0 radical (unpaired) electrons. The Kier molecular flexibility index (Phi) is 87.3. The average molecular weight is 977 g/mol. The Bertz CT molecular complexity index is 571. The lowest BCUT2D eigenvalue weighted by Gasteiger charge is -2.07. The first kappa shape index (κ1) is 68.2. The van der Waals surface area contributed by atoms with Crippen molar-refractivity contribution in [2.45, 2.75) is 104 Å². The topological polar surface area (TPSA) is 191 Å². The van der Waals surface area contributed by atoms with Crippen LogP contribution < -0.4 is 10.2 Å². The molecule has 0 unspecified atom stereocenters. The molecule has 59 heavy (non-hydrogen) atoms. The molecule has 0 atom stereocenters. The third-order valence-electron chi connectivity index (χ3n) is 7.48. The summed E-state index contributed by atoms with van der Waals surface area (Å²) >= 11 is 2.15. The Balaban J connectivity index is -0.000000246. The van der Waals surface area contributed by atoms with Gasteiger partial charge in [0, 0.05) is 67.1 Å². The van der Waals surface area contributed by atoms with Gasteiger partial charge >= 0.3 is 0 Å². The molecule has 0 aromatic rings. The highest BCUT2D eigenvalue weighted by molar-refractivity contribution is 14.1. The van der Waals surface area contributed by atoms with Gasteiger partial charge in [-0.1, -0.05) is 87.8 Å². The van der Waals surface area contributed by atoms with Crippen molar-refractivity contribution >= 4 is 22.6 Å². The van der Waals surface area contributed by atoms with Gasteiger partial charge in [-0.05, 0) is 43.5 Å². The van der Waals surface area contributed by atoms with E-state index in [0.29, 0.717) is 92.5 Å². The molecular formula is C43H93IO15-2. The monoisotopic (exact) mass is 977 g/mol. The van der Waals surface area contributed by atoms with Crippen molar-refractivity contribution < 1.29 is 72.5 Å². The lowest BCUT2D eigenvalue weighted by atomic mass is 10.1. The van der Waals surface area contributed by atoms with E-state index in [1.807, 2.05) is 4.93 Å². The number of hydrogen-bond donors (Lipinski definition) is 2.